The molecule has 1 aliphatic rings. The Hall–Kier alpha value is -2.11. The molecule has 5 nitrogen and oxygen atoms in total. The molecule has 0 spiro atoms. The zero-order valence-electron chi connectivity index (χ0n) is 10.9. The molecule has 0 fully saturated rings. The van der Waals surface area contributed by atoms with Crippen LogP contribution in [0.1, 0.15) is 5.56 Å². The number of carbonyl (C=O) groups excluding carboxylic acids is 1. The van der Waals surface area contributed by atoms with E-state index >= 15 is 0 Å². The Morgan fingerprint density at radius 2 is 1.86 bits per heavy atom. The van der Waals surface area contributed by atoms with Crippen LogP contribution in [0.2, 0.25) is 10.3 Å². The minimum absolute atomic E-state index is 0.358. The Morgan fingerprint density at radius 3 is 2.43 bits per heavy atom. The van der Waals surface area contributed by atoms with Gasteiger partial charge < -0.3 is 9.47 Å². The van der Waals surface area contributed by atoms with Crippen molar-refractivity contribution in [1.82, 2.24) is 9.97 Å². The molecule has 21 heavy (non-hydrogen) atoms. The summed E-state index contributed by atoms with van der Waals surface area (Å²) in [5.74, 6) is 0.235. The molecule has 0 N–H and O–H groups in total. The van der Waals surface area contributed by atoms with E-state index in [1.807, 2.05) is 18.2 Å². The van der Waals surface area contributed by atoms with Gasteiger partial charge in [-0.15, -0.1) is 0 Å². The first-order valence-electron chi connectivity index (χ1n) is 5.79. The summed E-state index contributed by atoms with van der Waals surface area (Å²) < 4.78 is 9.77. The van der Waals surface area contributed by atoms with Gasteiger partial charge in [0.1, 0.15) is 28.0 Å². The van der Waals surface area contributed by atoms with Crippen molar-refractivity contribution >= 4 is 34.7 Å². The molecule has 1 aliphatic heterocycles. The standard InChI is InChI=1S/C10H8O3.C4H2Cl2N2/c1-12-6-8-7-4-2-3-5-9(7)13-10(8)11;5-3-1-4(6)8-2-7-3/h2-6H,1H3;1-2H/b8-6+;. The maximum atomic E-state index is 11.3. The highest BCUT2D eigenvalue weighted by Gasteiger charge is 2.26. The van der Waals surface area contributed by atoms with Gasteiger partial charge in [-0.25, -0.2) is 14.8 Å². The number of benzene rings is 1. The number of carbonyl (C=O) groups is 1. The molecule has 0 radical (unpaired) electrons. The van der Waals surface area contributed by atoms with Gasteiger partial charge in [-0.1, -0.05) is 41.4 Å². The molecule has 2 heterocycles. The third-order valence-corrected chi connectivity index (χ3v) is 2.85. The van der Waals surface area contributed by atoms with E-state index in [0.29, 0.717) is 21.6 Å². The van der Waals surface area contributed by atoms with Crippen molar-refractivity contribution in [1.29, 1.82) is 0 Å². The summed E-state index contributed by atoms with van der Waals surface area (Å²) in [6.45, 7) is 0. The first-order valence-corrected chi connectivity index (χ1v) is 6.55. The maximum Gasteiger partial charge on any atom is 0.347 e. The number of rotatable bonds is 1. The second-order valence-electron chi connectivity index (χ2n) is 3.82. The fraction of sp³-hybridized carbons (Fsp3) is 0.0714. The number of nitrogens with zero attached hydrogens (tertiary/aromatic N) is 2. The van der Waals surface area contributed by atoms with Gasteiger partial charge in [0.15, 0.2) is 0 Å². The van der Waals surface area contributed by atoms with Crippen LogP contribution in [-0.2, 0) is 9.53 Å². The number of hydrogen-bond acceptors (Lipinski definition) is 5. The van der Waals surface area contributed by atoms with Crippen molar-refractivity contribution in [3.8, 4) is 5.75 Å². The monoisotopic (exact) mass is 324 g/mol. The third kappa shape index (κ3) is 3.93. The van der Waals surface area contributed by atoms with Crippen LogP contribution < -0.4 is 4.74 Å². The highest BCUT2D eigenvalue weighted by Crippen LogP contribution is 2.33. The number of para-hydroxylation sites is 1. The fourth-order valence-electron chi connectivity index (χ4n) is 1.58. The Morgan fingerprint density at radius 1 is 1.19 bits per heavy atom. The van der Waals surface area contributed by atoms with Gasteiger partial charge in [-0.05, 0) is 6.07 Å². The minimum atomic E-state index is -0.358. The first-order chi connectivity index (χ1) is 10.1. The van der Waals surface area contributed by atoms with Crippen LogP contribution in [0, 0.1) is 0 Å². The Balaban J connectivity index is 0.000000173. The van der Waals surface area contributed by atoms with Gasteiger partial charge in [-0.2, -0.15) is 0 Å². The van der Waals surface area contributed by atoms with Crippen LogP contribution in [0.4, 0.5) is 0 Å². The van der Waals surface area contributed by atoms with Crippen LogP contribution in [0.3, 0.4) is 0 Å². The van der Waals surface area contributed by atoms with E-state index in [1.165, 1.54) is 25.8 Å². The predicted octanol–water partition coefficient (Wildman–Crippen LogP) is 3.38. The molecule has 0 bridgehead atoms. The molecular weight excluding hydrogens is 315 g/mol. The van der Waals surface area contributed by atoms with Crippen LogP contribution >= 0.6 is 23.2 Å². The molecule has 1 aromatic carbocycles. The highest BCUT2D eigenvalue weighted by atomic mass is 35.5. The van der Waals surface area contributed by atoms with Crippen molar-refractivity contribution in [2.24, 2.45) is 0 Å². The zero-order valence-corrected chi connectivity index (χ0v) is 12.4. The molecule has 0 saturated heterocycles. The quantitative estimate of drug-likeness (QED) is 0.264. The number of ether oxygens (including phenoxy) is 2. The predicted molar refractivity (Wildman–Crippen MR) is 79.1 cm³/mol. The van der Waals surface area contributed by atoms with Crippen molar-refractivity contribution in [2.45, 2.75) is 0 Å². The summed E-state index contributed by atoms with van der Waals surface area (Å²) in [5.41, 5.74) is 1.26. The molecule has 0 amide bonds. The lowest BCUT2D eigenvalue weighted by molar-refractivity contribution is -0.127. The van der Waals surface area contributed by atoms with Crippen LogP contribution in [0.15, 0.2) is 42.9 Å². The molecule has 0 saturated carbocycles. The molecule has 108 valence electrons. The van der Waals surface area contributed by atoms with Gasteiger partial charge in [0, 0.05) is 11.6 Å². The smallest absolute Gasteiger partial charge is 0.347 e. The molecule has 1 aromatic heterocycles. The molecule has 0 aliphatic carbocycles. The van der Waals surface area contributed by atoms with Crippen LogP contribution in [-0.4, -0.2) is 23.0 Å². The second kappa shape index (κ2) is 7.06. The van der Waals surface area contributed by atoms with Gasteiger partial charge in [0.2, 0.25) is 0 Å². The lowest BCUT2D eigenvalue weighted by Gasteiger charge is -1.93. The summed E-state index contributed by atoms with van der Waals surface area (Å²) in [6.07, 6.45) is 2.71. The van der Waals surface area contributed by atoms with E-state index in [1.54, 1.807) is 6.07 Å². The number of fused-ring (bicyclic) bond motifs is 1. The summed E-state index contributed by atoms with van der Waals surface area (Å²) in [6, 6.07) is 8.73. The van der Waals surface area contributed by atoms with Crippen molar-refractivity contribution in [2.75, 3.05) is 7.11 Å². The van der Waals surface area contributed by atoms with Crippen molar-refractivity contribution in [3.63, 3.8) is 0 Å². The average Bonchev–Trinajstić information content (AvgIpc) is 2.76. The van der Waals surface area contributed by atoms with E-state index in [0.717, 1.165) is 5.56 Å². The van der Waals surface area contributed by atoms with Crippen LogP contribution in [0.5, 0.6) is 5.75 Å². The Kier molecular flexibility index (Phi) is 5.14. The van der Waals surface area contributed by atoms with E-state index < -0.39 is 0 Å². The lowest BCUT2D eigenvalue weighted by Crippen LogP contribution is -2.00. The number of halogens is 2. The van der Waals surface area contributed by atoms with E-state index in [4.69, 9.17) is 32.7 Å². The summed E-state index contributed by atoms with van der Waals surface area (Å²) in [5, 5.41) is 0.731. The number of esters is 1. The number of hydrogen-bond donors (Lipinski definition) is 0. The van der Waals surface area contributed by atoms with Gasteiger partial charge >= 0.3 is 5.97 Å². The molecule has 3 rings (SSSR count). The normalized spacial score (nSPS) is 14.0. The minimum Gasteiger partial charge on any atom is -0.503 e. The topological polar surface area (TPSA) is 61.3 Å². The lowest BCUT2D eigenvalue weighted by atomic mass is 10.1. The Bertz CT molecular complexity index is 672. The van der Waals surface area contributed by atoms with E-state index in [2.05, 4.69) is 9.97 Å². The van der Waals surface area contributed by atoms with Gasteiger partial charge in [-0.3, -0.25) is 0 Å². The number of aromatic nitrogens is 2. The third-order valence-electron chi connectivity index (χ3n) is 2.44. The molecule has 7 heteroatoms. The zero-order chi connectivity index (χ0) is 15.2. The van der Waals surface area contributed by atoms with E-state index in [9.17, 15) is 4.79 Å². The highest BCUT2D eigenvalue weighted by molar-refractivity contribution is 6.33. The molecule has 2 aromatic rings. The van der Waals surface area contributed by atoms with Crippen molar-refractivity contribution in [3.05, 3.63) is 58.8 Å². The summed E-state index contributed by atoms with van der Waals surface area (Å²) >= 11 is 10.8. The molecule has 0 atom stereocenters. The molecule has 0 unspecified atom stereocenters. The van der Waals surface area contributed by atoms with Gasteiger partial charge in [0.25, 0.3) is 0 Å². The number of methoxy groups -OCH3 is 1. The van der Waals surface area contributed by atoms with Crippen molar-refractivity contribution < 1.29 is 14.3 Å². The average molecular weight is 325 g/mol. The Labute approximate surface area is 131 Å². The second-order valence-corrected chi connectivity index (χ2v) is 4.59. The van der Waals surface area contributed by atoms with Crippen LogP contribution in [0.25, 0.3) is 5.57 Å². The summed E-state index contributed by atoms with van der Waals surface area (Å²) in [7, 11) is 1.50. The SMILES string of the molecule is CO/C=C1/C(=O)Oc2ccccc21.Clc1cc(Cl)ncn1. The largest absolute Gasteiger partial charge is 0.503 e. The van der Waals surface area contributed by atoms with E-state index in [-0.39, 0.29) is 5.97 Å². The molecular formula is C14H10Cl2N2O3. The van der Waals surface area contributed by atoms with Gasteiger partial charge in [0.05, 0.1) is 13.4 Å². The summed E-state index contributed by atoms with van der Waals surface area (Å²) in [4.78, 5) is 18.5. The first kappa shape index (κ1) is 15.3. The maximum absolute atomic E-state index is 11.3. The fourth-order valence-corrected chi connectivity index (χ4v) is 1.93.